The lowest BCUT2D eigenvalue weighted by molar-refractivity contribution is -0.140. The van der Waals surface area contributed by atoms with Crippen molar-refractivity contribution in [3.63, 3.8) is 0 Å². The highest BCUT2D eigenvalue weighted by Gasteiger charge is 2.40. The monoisotopic (exact) mass is 294 g/mol. The maximum atomic E-state index is 12.7. The van der Waals surface area contributed by atoms with Crippen molar-refractivity contribution in [2.45, 2.75) is 51.6 Å². The van der Waals surface area contributed by atoms with Crippen LogP contribution in [0.15, 0.2) is 17.5 Å². The summed E-state index contributed by atoms with van der Waals surface area (Å²) in [4.78, 5) is 27.7. The zero-order valence-corrected chi connectivity index (χ0v) is 13.1. The van der Waals surface area contributed by atoms with Gasteiger partial charge in [0.2, 0.25) is 11.8 Å². The van der Waals surface area contributed by atoms with Crippen molar-refractivity contribution in [2.75, 3.05) is 6.54 Å². The third kappa shape index (κ3) is 3.03. The fourth-order valence-electron chi connectivity index (χ4n) is 2.55. The fraction of sp³-hybridized carbons (Fsp3) is 0.600. The van der Waals surface area contributed by atoms with Gasteiger partial charge in [0, 0.05) is 30.3 Å². The fourth-order valence-corrected chi connectivity index (χ4v) is 3.38. The van der Waals surface area contributed by atoms with Gasteiger partial charge in [0.25, 0.3) is 0 Å². The molecule has 110 valence electrons. The number of rotatable bonds is 4. The molecule has 1 N–H and O–H groups in total. The van der Waals surface area contributed by atoms with E-state index < -0.39 is 5.54 Å². The lowest BCUT2D eigenvalue weighted by Crippen LogP contribution is -2.56. The maximum Gasteiger partial charge on any atom is 0.248 e. The average molecular weight is 294 g/mol. The Morgan fingerprint density at radius 3 is 2.85 bits per heavy atom. The molecule has 0 aromatic carbocycles. The topological polar surface area (TPSA) is 49.4 Å². The smallest absolute Gasteiger partial charge is 0.248 e. The molecule has 20 heavy (non-hydrogen) atoms. The molecule has 1 aliphatic heterocycles. The van der Waals surface area contributed by atoms with Crippen LogP contribution in [0.2, 0.25) is 0 Å². The summed E-state index contributed by atoms with van der Waals surface area (Å²) in [6.07, 6.45) is 1.84. The Morgan fingerprint density at radius 2 is 2.25 bits per heavy atom. The molecule has 1 saturated heterocycles. The van der Waals surface area contributed by atoms with Crippen LogP contribution >= 0.6 is 11.3 Å². The number of nitrogens with zero attached hydrogens (tertiary/aromatic N) is 1. The van der Waals surface area contributed by atoms with E-state index in [1.54, 1.807) is 11.3 Å². The molecule has 0 saturated carbocycles. The van der Waals surface area contributed by atoms with Crippen LogP contribution in [0, 0.1) is 0 Å². The van der Waals surface area contributed by atoms with Crippen molar-refractivity contribution in [1.29, 1.82) is 0 Å². The summed E-state index contributed by atoms with van der Waals surface area (Å²) >= 11 is 1.71. The molecule has 1 fully saturated rings. The number of amides is 2. The first kappa shape index (κ1) is 15.0. The number of hydrogen-bond donors (Lipinski definition) is 1. The predicted octanol–water partition coefficient (Wildman–Crippen LogP) is 2.20. The van der Waals surface area contributed by atoms with Crippen molar-refractivity contribution in [3.05, 3.63) is 22.4 Å². The molecule has 1 aromatic rings. The number of hydrogen-bond acceptors (Lipinski definition) is 3. The van der Waals surface area contributed by atoms with Gasteiger partial charge in [-0.3, -0.25) is 9.59 Å². The van der Waals surface area contributed by atoms with E-state index >= 15 is 0 Å². The molecule has 2 unspecified atom stereocenters. The second-order valence-corrected chi connectivity index (χ2v) is 6.65. The molecular weight excluding hydrogens is 272 g/mol. The normalized spacial score (nSPS) is 25.2. The predicted molar refractivity (Wildman–Crippen MR) is 80.7 cm³/mol. The molecule has 4 nitrogen and oxygen atoms in total. The zero-order chi connectivity index (χ0) is 14.8. The molecule has 1 aromatic heterocycles. The van der Waals surface area contributed by atoms with Crippen molar-refractivity contribution >= 4 is 23.2 Å². The van der Waals surface area contributed by atoms with Crippen LogP contribution in [0.5, 0.6) is 0 Å². The summed E-state index contributed by atoms with van der Waals surface area (Å²) in [5.74, 6) is 0.00318. The Labute approximate surface area is 124 Å². The molecule has 0 radical (unpaired) electrons. The Morgan fingerprint density at radius 1 is 1.50 bits per heavy atom. The van der Waals surface area contributed by atoms with Gasteiger partial charge >= 0.3 is 0 Å². The number of nitrogens with one attached hydrogen (secondary N) is 1. The highest BCUT2D eigenvalue weighted by molar-refractivity contribution is 7.09. The van der Waals surface area contributed by atoms with Gasteiger partial charge < -0.3 is 10.2 Å². The lowest BCUT2D eigenvalue weighted by Gasteiger charge is -2.34. The van der Waals surface area contributed by atoms with Gasteiger partial charge in [-0.05, 0) is 31.7 Å². The quantitative estimate of drug-likeness (QED) is 0.925. The minimum absolute atomic E-state index is 0.0338. The summed E-state index contributed by atoms with van der Waals surface area (Å²) in [6.45, 7) is 6.32. The summed E-state index contributed by atoms with van der Waals surface area (Å²) in [7, 11) is 0. The van der Waals surface area contributed by atoms with E-state index in [1.165, 1.54) is 4.88 Å². The first-order chi connectivity index (χ1) is 9.46. The highest BCUT2D eigenvalue weighted by Crippen LogP contribution is 2.22. The van der Waals surface area contributed by atoms with E-state index in [4.69, 9.17) is 0 Å². The van der Waals surface area contributed by atoms with Gasteiger partial charge in [-0.15, -0.1) is 11.3 Å². The van der Waals surface area contributed by atoms with Crippen molar-refractivity contribution < 1.29 is 9.59 Å². The van der Waals surface area contributed by atoms with Gasteiger partial charge in [0.1, 0.15) is 5.54 Å². The van der Waals surface area contributed by atoms with Crippen molar-refractivity contribution in [1.82, 2.24) is 10.2 Å². The van der Waals surface area contributed by atoms with Gasteiger partial charge in [0.05, 0.1) is 0 Å². The van der Waals surface area contributed by atoms with Crippen LogP contribution in [0.25, 0.3) is 0 Å². The zero-order valence-electron chi connectivity index (χ0n) is 12.3. The summed E-state index contributed by atoms with van der Waals surface area (Å²) in [5.41, 5.74) is -0.767. The number of thiophene rings is 1. The standard InChI is InChI=1S/C15H22N2O2S/c1-4-15(3)14(19)17(8-7-13(18)16-15)11(2)10-12-6-5-9-20-12/h5-6,9,11H,4,7-8,10H2,1-3H3,(H,16,18). The second kappa shape index (κ2) is 5.95. The van der Waals surface area contributed by atoms with E-state index in [9.17, 15) is 9.59 Å². The largest absolute Gasteiger partial charge is 0.342 e. The molecule has 0 spiro atoms. The van der Waals surface area contributed by atoms with Crippen LogP contribution in [-0.2, 0) is 16.0 Å². The second-order valence-electron chi connectivity index (χ2n) is 5.61. The van der Waals surface area contributed by atoms with E-state index in [-0.39, 0.29) is 17.9 Å². The first-order valence-corrected chi connectivity index (χ1v) is 7.98. The van der Waals surface area contributed by atoms with E-state index in [0.29, 0.717) is 19.4 Å². The van der Waals surface area contributed by atoms with Crippen LogP contribution in [0.4, 0.5) is 0 Å². The van der Waals surface area contributed by atoms with E-state index in [2.05, 4.69) is 18.3 Å². The number of carbonyl (C=O) groups is 2. The van der Waals surface area contributed by atoms with Crippen molar-refractivity contribution in [3.8, 4) is 0 Å². The van der Waals surface area contributed by atoms with Crippen LogP contribution in [0.1, 0.15) is 38.5 Å². The third-order valence-corrected chi connectivity index (χ3v) is 4.94. The molecule has 0 bridgehead atoms. The average Bonchev–Trinajstić information content (AvgIpc) is 2.87. The molecule has 2 atom stereocenters. The molecule has 2 heterocycles. The van der Waals surface area contributed by atoms with Crippen molar-refractivity contribution in [2.24, 2.45) is 0 Å². The van der Waals surface area contributed by atoms with E-state index in [0.717, 1.165) is 6.42 Å². The van der Waals surface area contributed by atoms with Gasteiger partial charge in [-0.25, -0.2) is 0 Å². The van der Waals surface area contributed by atoms with Crippen LogP contribution in [-0.4, -0.2) is 34.8 Å². The van der Waals surface area contributed by atoms with Crippen LogP contribution < -0.4 is 5.32 Å². The van der Waals surface area contributed by atoms with Gasteiger partial charge in [-0.2, -0.15) is 0 Å². The molecule has 1 aliphatic rings. The van der Waals surface area contributed by atoms with Gasteiger partial charge in [0.15, 0.2) is 0 Å². The lowest BCUT2D eigenvalue weighted by atomic mass is 9.96. The summed E-state index contributed by atoms with van der Waals surface area (Å²) in [6, 6.07) is 4.23. The molecular formula is C15H22N2O2S. The van der Waals surface area contributed by atoms with E-state index in [1.807, 2.05) is 30.2 Å². The van der Waals surface area contributed by atoms with Gasteiger partial charge in [-0.1, -0.05) is 13.0 Å². The Balaban J connectivity index is 2.16. The number of carbonyl (C=O) groups excluding carboxylic acids is 2. The molecule has 0 aliphatic carbocycles. The maximum absolute atomic E-state index is 12.7. The third-order valence-electron chi connectivity index (χ3n) is 4.04. The minimum Gasteiger partial charge on any atom is -0.342 e. The molecule has 2 amide bonds. The summed E-state index contributed by atoms with van der Waals surface area (Å²) < 4.78 is 0. The SMILES string of the molecule is CCC1(C)NC(=O)CCN(C(C)Cc2cccs2)C1=O. The first-order valence-electron chi connectivity index (χ1n) is 7.10. The molecule has 2 rings (SSSR count). The minimum atomic E-state index is -0.767. The highest BCUT2D eigenvalue weighted by atomic mass is 32.1. The van der Waals surface area contributed by atoms with Crippen LogP contribution in [0.3, 0.4) is 0 Å². The Kier molecular flexibility index (Phi) is 4.48. The summed E-state index contributed by atoms with van der Waals surface area (Å²) in [5, 5.41) is 4.92. The molecule has 5 heteroatoms. The Hall–Kier alpha value is -1.36. The Bertz CT molecular complexity index is 486.